The summed E-state index contributed by atoms with van der Waals surface area (Å²) >= 11 is 0. The molecule has 1 rings (SSSR count). The average molecular weight is 287 g/mol. The molecular formula is C15H34N2OSi. The Kier molecular flexibility index (Phi) is 5.27. The van der Waals surface area contributed by atoms with Crippen LogP contribution in [0.5, 0.6) is 0 Å². The molecule has 1 aliphatic rings. The fraction of sp³-hybridized carbons (Fsp3) is 1.00. The van der Waals surface area contributed by atoms with Crippen LogP contribution in [0.15, 0.2) is 0 Å². The summed E-state index contributed by atoms with van der Waals surface area (Å²) in [7, 11) is -1.62. The fourth-order valence-corrected chi connectivity index (χ4v) is 3.12. The fourth-order valence-electron chi connectivity index (χ4n) is 2.07. The van der Waals surface area contributed by atoms with Crippen molar-refractivity contribution < 1.29 is 4.43 Å². The molecular weight excluding hydrogens is 252 g/mol. The lowest BCUT2D eigenvalue weighted by Gasteiger charge is -2.43. The SMILES string of the molecule is CC(C)(C)N1CCNC(CO[Si](C)(C)C(C)(C)C)C1. The van der Waals surface area contributed by atoms with Gasteiger partial charge in [0.05, 0.1) is 6.61 Å². The van der Waals surface area contributed by atoms with Gasteiger partial charge in [-0.15, -0.1) is 0 Å². The van der Waals surface area contributed by atoms with Gasteiger partial charge >= 0.3 is 0 Å². The van der Waals surface area contributed by atoms with Crippen molar-refractivity contribution in [3.63, 3.8) is 0 Å². The molecule has 1 heterocycles. The highest BCUT2D eigenvalue weighted by molar-refractivity contribution is 6.74. The Morgan fingerprint density at radius 2 is 1.74 bits per heavy atom. The van der Waals surface area contributed by atoms with Crippen molar-refractivity contribution in [2.45, 2.75) is 71.3 Å². The van der Waals surface area contributed by atoms with E-state index >= 15 is 0 Å². The standard InChI is InChI=1S/C15H34N2OSi/c1-14(2,3)17-10-9-16-13(11-17)12-18-19(7,8)15(4,5)6/h13,16H,9-12H2,1-8H3. The monoisotopic (exact) mass is 286 g/mol. The van der Waals surface area contributed by atoms with E-state index in [2.05, 4.69) is 64.9 Å². The molecule has 0 bridgehead atoms. The summed E-state index contributed by atoms with van der Waals surface area (Å²) in [5.41, 5.74) is 0.261. The first-order valence-electron chi connectivity index (χ1n) is 7.56. The van der Waals surface area contributed by atoms with E-state index in [1.54, 1.807) is 0 Å². The van der Waals surface area contributed by atoms with Crippen LogP contribution in [0.2, 0.25) is 18.1 Å². The number of piperazine rings is 1. The third-order valence-corrected chi connectivity index (χ3v) is 9.16. The number of rotatable bonds is 3. The van der Waals surface area contributed by atoms with Crippen LogP contribution in [0.1, 0.15) is 41.5 Å². The predicted octanol–water partition coefficient (Wildman–Crippen LogP) is 3.08. The van der Waals surface area contributed by atoms with Gasteiger partial charge < -0.3 is 9.74 Å². The average Bonchev–Trinajstić information content (AvgIpc) is 2.24. The van der Waals surface area contributed by atoms with Crippen LogP contribution < -0.4 is 5.32 Å². The second kappa shape index (κ2) is 5.84. The van der Waals surface area contributed by atoms with Crippen molar-refractivity contribution in [3.05, 3.63) is 0 Å². The third kappa shape index (κ3) is 4.85. The van der Waals surface area contributed by atoms with Crippen LogP contribution in [-0.2, 0) is 4.43 Å². The van der Waals surface area contributed by atoms with E-state index in [1.165, 1.54) is 0 Å². The molecule has 0 aromatic heterocycles. The van der Waals surface area contributed by atoms with Crippen LogP contribution in [0.25, 0.3) is 0 Å². The molecule has 19 heavy (non-hydrogen) atoms. The summed E-state index contributed by atoms with van der Waals surface area (Å²) in [6, 6.07) is 0.474. The molecule has 1 fully saturated rings. The summed E-state index contributed by atoms with van der Waals surface area (Å²) < 4.78 is 6.34. The molecule has 1 unspecified atom stereocenters. The molecule has 1 atom stereocenters. The molecule has 0 aromatic rings. The quantitative estimate of drug-likeness (QED) is 0.807. The zero-order chi connectivity index (χ0) is 14.9. The highest BCUT2D eigenvalue weighted by atomic mass is 28.4. The van der Waals surface area contributed by atoms with E-state index in [1.807, 2.05) is 0 Å². The van der Waals surface area contributed by atoms with Crippen LogP contribution in [0, 0.1) is 0 Å². The lowest BCUT2D eigenvalue weighted by atomic mass is 10.0. The zero-order valence-corrected chi connectivity index (χ0v) is 15.3. The Labute approximate surface area is 121 Å². The van der Waals surface area contributed by atoms with Gasteiger partial charge in [0.2, 0.25) is 0 Å². The van der Waals surface area contributed by atoms with E-state index in [9.17, 15) is 0 Å². The topological polar surface area (TPSA) is 24.5 Å². The van der Waals surface area contributed by atoms with E-state index < -0.39 is 8.32 Å². The lowest BCUT2D eigenvalue weighted by molar-refractivity contribution is 0.0781. The van der Waals surface area contributed by atoms with Crippen LogP contribution >= 0.6 is 0 Å². The van der Waals surface area contributed by atoms with Crippen molar-refractivity contribution in [2.24, 2.45) is 0 Å². The third-order valence-electron chi connectivity index (χ3n) is 4.66. The van der Waals surface area contributed by atoms with E-state index in [-0.39, 0.29) is 5.54 Å². The molecule has 4 heteroatoms. The summed E-state index contributed by atoms with van der Waals surface area (Å²) in [4.78, 5) is 2.56. The van der Waals surface area contributed by atoms with Gasteiger partial charge in [-0.25, -0.2) is 0 Å². The van der Waals surface area contributed by atoms with Gasteiger partial charge in [0, 0.05) is 31.2 Å². The predicted molar refractivity (Wildman–Crippen MR) is 86.3 cm³/mol. The van der Waals surface area contributed by atoms with Gasteiger partial charge in [-0.05, 0) is 38.9 Å². The van der Waals surface area contributed by atoms with Gasteiger partial charge in [-0.2, -0.15) is 0 Å². The normalized spacial score (nSPS) is 23.7. The first-order valence-corrected chi connectivity index (χ1v) is 10.5. The minimum Gasteiger partial charge on any atom is -0.415 e. The number of hydrogen-bond acceptors (Lipinski definition) is 3. The molecule has 0 aliphatic carbocycles. The zero-order valence-electron chi connectivity index (χ0n) is 14.3. The Morgan fingerprint density at radius 3 is 2.21 bits per heavy atom. The number of hydrogen-bond donors (Lipinski definition) is 1. The van der Waals surface area contributed by atoms with Crippen LogP contribution in [-0.4, -0.2) is 51.0 Å². The first-order chi connectivity index (χ1) is 8.43. The van der Waals surface area contributed by atoms with E-state index in [4.69, 9.17) is 4.43 Å². The Bertz CT molecular complexity index is 292. The van der Waals surface area contributed by atoms with Crippen molar-refractivity contribution in [1.29, 1.82) is 0 Å². The Hall–Kier alpha value is 0.0969. The van der Waals surface area contributed by atoms with Gasteiger partial charge in [-0.3, -0.25) is 4.90 Å². The minimum atomic E-state index is -1.62. The van der Waals surface area contributed by atoms with Crippen LogP contribution in [0.4, 0.5) is 0 Å². The molecule has 0 radical (unpaired) electrons. The summed E-state index contributed by atoms with van der Waals surface area (Å²) in [5.74, 6) is 0. The maximum absolute atomic E-state index is 6.34. The van der Waals surface area contributed by atoms with Crippen molar-refractivity contribution in [2.75, 3.05) is 26.2 Å². The molecule has 0 aromatic carbocycles. The smallest absolute Gasteiger partial charge is 0.192 e. The Balaban J connectivity index is 2.50. The molecule has 0 saturated carbocycles. The molecule has 1 aliphatic heterocycles. The summed E-state index contributed by atoms with van der Waals surface area (Å²) in [6.45, 7) is 22.6. The van der Waals surface area contributed by atoms with E-state index in [0.29, 0.717) is 11.1 Å². The first kappa shape index (κ1) is 17.1. The number of nitrogens with zero attached hydrogens (tertiary/aromatic N) is 1. The number of nitrogens with one attached hydrogen (secondary N) is 1. The highest BCUT2D eigenvalue weighted by Gasteiger charge is 2.38. The summed E-state index contributed by atoms with van der Waals surface area (Å²) in [6.07, 6.45) is 0. The van der Waals surface area contributed by atoms with Crippen LogP contribution in [0.3, 0.4) is 0 Å². The molecule has 1 N–H and O–H groups in total. The van der Waals surface area contributed by atoms with Crippen molar-refractivity contribution >= 4 is 8.32 Å². The molecule has 114 valence electrons. The molecule has 1 saturated heterocycles. The molecule has 0 amide bonds. The summed E-state index contributed by atoms with van der Waals surface area (Å²) in [5, 5.41) is 3.90. The van der Waals surface area contributed by atoms with E-state index in [0.717, 1.165) is 26.2 Å². The van der Waals surface area contributed by atoms with Crippen molar-refractivity contribution in [1.82, 2.24) is 10.2 Å². The lowest BCUT2D eigenvalue weighted by Crippen LogP contribution is -2.58. The van der Waals surface area contributed by atoms with Gasteiger partial charge in [-0.1, -0.05) is 20.8 Å². The van der Waals surface area contributed by atoms with Gasteiger partial charge in [0.1, 0.15) is 0 Å². The minimum absolute atomic E-state index is 0.261. The molecule has 3 nitrogen and oxygen atoms in total. The highest BCUT2D eigenvalue weighted by Crippen LogP contribution is 2.36. The largest absolute Gasteiger partial charge is 0.415 e. The van der Waals surface area contributed by atoms with Gasteiger partial charge in [0.15, 0.2) is 8.32 Å². The second-order valence-electron chi connectivity index (χ2n) is 8.34. The van der Waals surface area contributed by atoms with Gasteiger partial charge in [0.25, 0.3) is 0 Å². The second-order valence-corrected chi connectivity index (χ2v) is 13.1. The molecule has 0 spiro atoms. The van der Waals surface area contributed by atoms with Crippen molar-refractivity contribution in [3.8, 4) is 0 Å². The maximum Gasteiger partial charge on any atom is 0.192 e. The Morgan fingerprint density at radius 1 is 1.16 bits per heavy atom. The maximum atomic E-state index is 6.34.